The molecule has 0 unspecified atom stereocenters. The monoisotopic (exact) mass is 334 g/mol. The van der Waals surface area contributed by atoms with Crippen molar-refractivity contribution in [3.05, 3.63) is 85.2 Å². The lowest BCUT2D eigenvalue weighted by Crippen LogP contribution is -1.91. The number of hydrogen-bond acceptors (Lipinski definition) is 4. The average Bonchev–Trinajstić information content (AvgIpc) is 2.73. The van der Waals surface area contributed by atoms with Crippen molar-refractivity contribution in [1.29, 1.82) is 0 Å². The summed E-state index contributed by atoms with van der Waals surface area (Å²) < 4.78 is 0. The van der Waals surface area contributed by atoms with Gasteiger partial charge in [0.25, 0.3) is 0 Å². The van der Waals surface area contributed by atoms with E-state index in [0.717, 1.165) is 44.6 Å². The van der Waals surface area contributed by atoms with Gasteiger partial charge in [0.1, 0.15) is 0 Å². The third-order valence-electron chi connectivity index (χ3n) is 4.35. The molecule has 0 aliphatic rings. The van der Waals surface area contributed by atoms with E-state index < -0.39 is 0 Å². The maximum Gasteiger partial charge on any atom is 0.0894 e. The topological polar surface area (TPSA) is 51.6 Å². The molecule has 2 heterocycles. The molecule has 4 heteroatoms. The highest BCUT2D eigenvalue weighted by molar-refractivity contribution is 5.80. The number of para-hydroxylation sites is 4. The molecule has 0 amide bonds. The van der Waals surface area contributed by atoms with Crippen LogP contribution in [0.3, 0.4) is 0 Å². The number of fused-ring (bicyclic) bond motifs is 2. The third-order valence-corrected chi connectivity index (χ3v) is 4.35. The van der Waals surface area contributed by atoms with E-state index in [4.69, 9.17) is 9.97 Å². The van der Waals surface area contributed by atoms with Gasteiger partial charge in [0.2, 0.25) is 0 Å². The van der Waals surface area contributed by atoms with Crippen molar-refractivity contribution in [2.75, 3.05) is 0 Å². The Bertz CT molecular complexity index is 1150. The second-order valence-electron chi connectivity index (χ2n) is 6.07. The molecule has 5 aromatic rings. The van der Waals surface area contributed by atoms with Crippen molar-refractivity contribution >= 4 is 22.1 Å². The first kappa shape index (κ1) is 14.7. The van der Waals surface area contributed by atoms with Crippen LogP contribution in [0.25, 0.3) is 44.6 Å². The molecule has 0 N–H and O–H groups in total. The van der Waals surface area contributed by atoms with Gasteiger partial charge in [-0.1, -0.05) is 42.5 Å². The summed E-state index contributed by atoms with van der Waals surface area (Å²) >= 11 is 0. The second-order valence-corrected chi connectivity index (χ2v) is 6.07. The predicted octanol–water partition coefficient (Wildman–Crippen LogP) is 4.91. The van der Waals surface area contributed by atoms with Gasteiger partial charge in [-0.05, 0) is 30.3 Å². The Hall–Kier alpha value is -3.66. The van der Waals surface area contributed by atoms with E-state index in [1.165, 1.54) is 0 Å². The van der Waals surface area contributed by atoms with Gasteiger partial charge in [0.05, 0.1) is 45.8 Å². The summed E-state index contributed by atoms with van der Waals surface area (Å²) in [5, 5.41) is 0. The minimum Gasteiger partial charge on any atom is -0.252 e. The molecule has 0 spiro atoms. The Morgan fingerprint density at radius 1 is 0.462 bits per heavy atom. The Balaban J connectivity index is 1.60. The zero-order valence-corrected chi connectivity index (χ0v) is 13.9. The molecule has 26 heavy (non-hydrogen) atoms. The number of hydrogen-bond donors (Lipinski definition) is 0. The largest absolute Gasteiger partial charge is 0.252 e. The van der Waals surface area contributed by atoms with Gasteiger partial charge >= 0.3 is 0 Å². The van der Waals surface area contributed by atoms with Crippen LogP contribution >= 0.6 is 0 Å². The molecule has 0 bridgehead atoms. The highest BCUT2D eigenvalue weighted by Gasteiger charge is 2.07. The van der Waals surface area contributed by atoms with E-state index in [9.17, 15) is 0 Å². The van der Waals surface area contributed by atoms with Crippen LogP contribution in [0.5, 0.6) is 0 Å². The highest BCUT2D eigenvalue weighted by atomic mass is 14.8. The molecule has 0 aliphatic heterocycles. The molecule has 0 atom stereocenters. The standard InChI is InChI=1S/C22H14N4/c1-3-10-19-17(8-1)23-13-21(25-19)15-6-5-7-16(12-15)22-14-24-18-9-2-4-11-20(18)26-22/h1-14H. The van der Waals surface area contributed by atoms with E-state index in [1.54, 1.807) is 0 Å². The molecule has 0 saturated carbocycles. The molecule has 4 nitrogen and oxygen atoms in total. The van der Waals surface area contributed by atoms with Crippen LogP contribution in [0, 0.1) is 0 Å². The van der Waals surface area contributed by atoms with Crippen molar-refractivity contribution in [2.24, 2.45) is 0 Å². The van der Waals surface area contributed by atoms with Gasteiger partial charge in [-0.3, -0.25) is 9.97 Å². The van der Waals surface area contributed by atoms with Crippen molar-refractivity contribution in [1.82, 2.24) is 19.9 Å². The fourth-order valence-corrected chi connectivity index (χ4v) is 3.03. The predicted molar refractivity (Wildman–Crippen MR) is 104 cm³/mol. The zero-order valence-electron chi connectivity index (χ0n) is 13.9. The highest BCUT2D eigenvalue weighted by Crippen LogP contribution is 2.25. The molecule has 0 fully saturated rings. The molecule has 0 saturated heterocycles. The Kier molecular flexibility index (Phi) is 3.39. The van der Waals surface area contributed by atoms with Crippen LogP contribution in [0.4, 0.5) is 0 Å². The SMILES string of the molecule is c1cc(-c2cnc3ccccc3n2)cc(-c2cnc3ccccc3n2)c1. The van der Waals surface area contributed by atoms with E-state index in [1.807, 2.05) is 79.1 Å². The van der Waals surface area contributed by atoms with Crippen molar-refractivity contribution in [3.63, 3.8) is 0 Å². The van der Waals surface area contributed by atoms with Gasteiger partial charge in [0.15, 0.2) is 0 Å². The van der Waals surface area contributed by atoms with Gasteiger partial charge in [-0.2, -0.15) is 0 Å². The summed E-state index contributed by atoms with van der Waals surface area (Å²) in [5.74, 6) is 0. The maximum absolute atomic E-state index is 4.73. The van der Waals surface area contributed by atoms with Gasteiger partial charge in [0, 0.05) is 11.1 Å². The summed E-state index contributed by atoms with van der Waals surface area (Å²) in [5.41, 5.74) is 7.28. The van der Waals surface area contributed by atoms with Gasteiger partial charge in [-0.25, -0.2) is 9.97 Å². The zero-order chi connectivity index (χ0) is 17.3. The number of benzene rings is 3. The quantitative estimate of drug-likeness (QED) is 0.460. The van der Waals surface area contributed by atoms with E-state index in [0.29, 0.717) is 0 Å². The Labute approximate surface area is 150 Å². The summed E-state index contributed by atoms with van der Waals surface area (Å²) in [4.78, 5) is 18.5. The molecule has 5 rings (SSSR count). The molecule has 0 radical (unpaired) electrons. The van der Waals surface area contributed by atoms with Crippen molar-refractivity contribution < 1.29 is 0 Å². The van der Waals surface area contributed by atoms with Crippen LogP contribution in [-0.2, 0) is 0 Å². The molecular weight excluding hydrogens is 320 g/mol. The van der Waals surface area contributed by atoms with Crippen molar-refractivity contribution in [3.8, 4) is 22.5 Å². The number of rotatable bonds is 2. The smallest absolute Gasteiger partial charge is 0.0894 e. The van der Waals surface area contributed by atoms with Gasteiger partial charge < -0.3 is 0 Å². The fourth-order valence-electron chi connectivity index (χ4n) is 3.03. The first-order chi connectivity index (χ1) is 12.9. The summed E-state index contributed by atoms with van der Waals surface area (Å²) in [6.45, 7) is 0. The lowest BCUT2D eigenvalue weighted by atomic mass is 10.1. The molecule has 2 aromatic heterocycles. The fraction of sp³-hybridized carbons (Fsp3) is 0. The molecule has 3 aromatic carbocycles. The van der Waals surface area contributed by atoms with Crippen LogP contribution in [0.2, 0.25) is 0 Å². The lowest BCUT2D eigenvalue weighted by Gasteiger charge is -2.06. The van der Waals surface area contributed by atoms with Gasteiger partial charge in [-0.15, -0.1) is 0 Å². The minimum atomic E-state index is 0.847. The maximum atomic E-state index is 4.73. The van der Waals surface area contributed by atoms with Crippen LogP contribution in [-0.4, -0.2) is 19.9 Å². The summed E-state index contributed by atoms with van der Waals surface area (Å²) in [6.07, 6.45) is 3.63. The number of aromatic nitrogens is 4. The Morgan fingerprint density at radius 2 is 0.923 bits per heavy atom. The normalized spacial score (nSPS) is 11.1. The van der Waals surface area contributed by atoms with Crippen LogP contribution < -0.4 is 0 Å². The molecule has 0 aliphatic carbocycles. The first-order valence-electron chi connectivity index (χ1n) is 8.41. The Morgan fingerprint density at radius 3 is 1.42 bits per heavy atom. The third kappa shape index (κ3) is 2.58. The first-order valence-corrected chi connectivity index (χ1v) is 8.41. The van der Waals surface area contributed by atoms with Crippen LogP contribution in [0.1, 0.15) is 0 Å². The van der Waals surface area contributed by atoms with Crippen molar-refractivity contribution in [2.45, 2.75) is 0 Å². The second kappa shape index (κ2) is 6.01. The minimum absolute atomic E-state index is 0.847. The summed E-state index contributed by atoms with van der Waals surface area (Å²) in [7, 11) is 0. The van der Waals surface area contributed by atoms with E-state index in [-0.39, 0.29) is 0 Å². The van der Waals surface area contributed by atoms with E-state index >= 15 is 0 Å². The van der Waals surface area contributed by atoms with Crippen LogP contribution in [0.15, 0.2) is 85.2 Å². The number of nitrogens with zero attached hydrogens (tertiary/aromatic N) is 4. The molecular formula is C22H14N4. The average molecular weight is 334 g/mol. The lowest BCUT2D eigenvalue weighted by molar-refractivity contribution is 1.28. The van der Waals surface area contributed by atoms with E-state index in [2.05, 4.69) is 16.0 Å². The molecule has 122 valence electrons. The summed E-state index contributed by atoms with van der Waals surface area (Å²) in [6, 6.07) is 23.9.